The van der Waals surface area contributed by atoms with Crippen molar-refractivity contribution in [3.63, 3.8) is 0 Å². The van der Waals surface area contributed by atoms with Gasteiger partial charge >= 0.3 is 5.97 Å². The van der Waals surface area contributed by atoms with E-state index in [4.69, 9.17) is 14.7 Å². The summed E-state index contributed by atoms with van der Waals surface area (Å²) < 4.78 is 7.87. The van der Waals surface area contributed by atoms with Crippen LogP contribution in [0.15, 0.2) is 11.5 Å². The lowest BCUT2D eigenvalue weighted by Gasteiger charge is -2.21. The summed E-state index contributed by atoms with van der Waals surface area (Å²) in [6.45, 7) is 6.62. The lowest BCUT2D eigenvalue weighted by molar-refractivity contribution is -0.139. The number of carbonyl (C=O) groups is 1. The quantitative estimate of drug-likeness (QED) is 0.332. The number of pyridine rings is 1. The summed E-state index contributed by atoms with van der Waals surface area (Å²) in [5.74, 6) is 0.344. The van der Waals surface area contributed by atoms with Gasteiger partial charge in [0, 0.05) is 11.1 Å². The zero-order valence-corrected chi connectivity index (χ0v) is 18.9. The predicted molar refractivity (Wildman–Crippen MR) is 120 cm³/mol. The molecule has 0 spiro atoms. The van der Waals surface area contributed by atoms with Crippen molar-refractivity contribution in [3.8, 4) is 0 Å². The topological polar surface area (TPSA) is 82.3 Å². The Morgan fingerprint density at radius 1 is 1.27 bits per heavy atom. The third-order valence-corrected chi connectivity index (χ3v) is 7.49. The van der Waals surface area contributed by atoms with Crippen LogP contribution in [0, 0.1) is 0 Å². The number of ether oxygens (including phenoxy) is 1. The zero-order valence-electron chi connectivity index (χ0n) is 17.3. The summed E-state index contributed by atoms with van der Waals surface area (Å²) in [6.07, 6.45) is 6.39. The van der Waals surface area contributed by atoms with E-state index < -0.39 is 0 Å². The number of aryl methyl sites for hydroxylation is 1. The van der Waals surface area contributed by atoms with Gasteiger partial charge in [-0.05, 0) is 49.7 Å². The molecule has 0 saturated carbocycles. The van der Waals surface area contributed by atoms with Crippen LogP contribution in [0.3, 0.4) is 0 Å². The van der Waals surface area contributed by atoms with Crippen molar-refractivity contribution in [1.29, 1.82) is 0 Å². The van der Waals surface area contributed by atoms with E-state index in [1.165, 1.54) is 46.8 Å². The summed E-state index contributed by atoms with van der Waals surface area (Å²) in [6, 6.07) is 0. The van der Waals surface area contributed by atoms with E-state index in [2.05, 4.69) is 24.0 Å². The van der Waals surface area contributed by atoms with Crippen LogP contribution in [0.5, 0.6) is 0 Å². The van der Waals surface area contributed by atoms with E-state index in [1.54, 1.807) is 24.6 Å². The first-order chi connectivity index (χ1) is 14.6. The van der Waals surface area contributed by atoms with Crippen LogP contribution in [-0.4, -0.2) is 42.9 Å². The molecule has 0 aliphatic heterocycles. The number of esters is 1. The third kappa shape index (κ3) is 3.15. The van der Waals surface area contributed by atoms with Gasteiger partial charge in [-0.15, -0.1) is 21.5 Å². The van der Waals surface area contributed by atoms with Crippen LogP contribution >= 0.6 is 23.1 Å². The van der Waals surface area contributed by atoms with Crippen molar-refractivity contribution >= 4 is 55.1 Å². The molecule has 0 fully saturated rings. The van der Waals surface area contributed by atoms with E-state index in [0.717, 1.165) is 33.5 Å². The highest BCUT2D eigenvalue weighted by atomic mass is 32.2. The summed E-state index contributed by atoms with van der Waals surface area (Å²) in [5, 5.41) is 10.5. The number of thioether (sulfide) groups is 1. The average molecular weight is 442 g/mol. The van der Waals surface area contributed by atoms with Gasteiger partial charge in [-0.25, -0.2) is 9.97 Å². The largest absolute Gasteiger partial charge is 0.465 e. The van der Waals surface area contributed by atoms with Gasteiger partial charge in [-0.2, -0.15) is 0 Å². The minimum Gasteiger partial charge on any atom is -0.465 e. The van der Waals surface area contributed by atoms with Crippen LogP contribution in [0.4, 0.5) is 0 Å². The van der Waals surface area contributed by atoms with Crippen molar-refractivity contribution in [2.24, 2.45) is 0 Å². The van der Waals surface area contributed by atoms with Crippen molar-refractivity contribution in [2.45, 2.75) is 57.5 Å². The number of rotatable bonds is 5. The average Bonchev–Trinajstić information content (AvgIpc) is 3.32. The van der Waals surface area contributed by atoms with E-state index in [1.807, 2.05) is 4.40 Å². The molecular weight excluding hydrogens is 418 g/mol. The normalized spacial score (nSPS) is 14.1. The summed E-state index contributed by atoms with van der Waals surface area (Å²) >= 11 is 2.96. The molecule has 0 atom stereocenters. The molecule has 30 heavy (non-hydrogen) atoms. The van der Waals surface area contributed by atoms with Crippen LogP contribution in [0.2, 0.25) is 0 Å². The van der Waals surface area contributed by atoms with Gasteiger partial charge in [-0.1, -0.05) is 25.6 Å². The monoisotopic (exact) mass is 441 g/mol. The van der Waals surface area contributed by atoms with Gasteiger partial charge in [0.2, 0.25) is 0 Å². The fourth-order valence-corrected chi connectivity index (χ4v) is 6.07. The first-order valence-corrected chi connectivity index (χ1v) is 12.1. The van der Waals surface area contributed by atoms with Crippen LogP contribution < -0.4 is 0 Å². The van der Waals surface area contributed by atoms with Gasteiger partial charge < -0.3 is 4.74 Å². The molecule has 1 aliphatic carbocycles. The molecule has 4 aromatic rings. The Bertz CT molecular complexity index is 1280. The minimum atomic E-state index is -0.257. The molecule has 0 amide bonds. The molecule has 9 heteroatoms. The molecule has 1 aliphatic rings. The molecule has 0 N–H and O–H groups in total. The molecule has 4 heterocycles. The molecule has 0 unspecified atom stereocenters. The number of thiophene rings is 1. The highest BCUT2D eigenvalue weighted by Gasteiger charge is 2.24. The van der Waals surface area contributed by atoms with Crippen molar-refractivity contribution in [2.75, 3.05) is 12.4 Å². The molecular formula is C21H23N5O2S2. The second-order valence-corrected chi connectivity index (χ2v) is 9.73. The number of nitrogens with zero attached hydrogens (tertiary/aromatic N) is 5. The van der Waals surface area contributed by atoms with Gasteiger partial charge in [0.15, 0.2) is 10.8 Å². The Morgan fingerprint density at radius 2 is 2.07 bits per heavy atom. The lowest BCUT2D eigenvalue weighted by Crippen LogP contribution is -2.10. The molecule has 0 saturated heterocycles. The fraction of sp³-hybridized carbons (Fsp3) is 0.476. The SMILES string of the molecule is CCOC(=O)CSc1nnc2c3sc4nc(C(C)C)c5c(c4c3ncn12)CCCC5. The number of hydrogen-bond donors (Lipinski definition) is 0. The number of carbonyl (C=O) groups excluding carboxylic acids is 1. The summed E-state index contributed by atoms with van der Waals surface area (Å²) in [4.78, 5) is 22.6. The minimum absolute atomic E-state index is 0.200. The zero-order chi connectivity index (χ0) is 20.8. The van der Waals surface area contributed by atoms with Crippen LogP contribution in [-0.2, 0) is 22.4 Å². The van der Waals surface area contributed by atoms with Crippen LogP contribution in [0.1, 0.15) is 56.4 Å². The number of aromatic nitrogens is 5. The fourth-order valence-electron chi connectivity index (χ4n) is 4.23. The van der Waals surface area contributed by atoms with E-state index >= 15 is 0 Å². The Morgan fingerprint density at radius 3 is 2.83 bits per heavy atom. The molecule has 156 valence electrons. The van der Waals surface area contributed by atoms with Gasteiger partial charge in [0.1, 0.15) is 15.9 Å². The van der Waals surface area contributed by atoms with Crippen molar-refractivity contribution in [3.05, 3.63) is 23.1 Å². The number of fused-ring (bicyclic) bond motifs is 7. The summed E-state index contributed by atoms with van der Waals surface area (Å²) in [5.41, 5.74) is 5.82. The Hall–Kier alpha value is -2.26. The summed E-state index contributed by atoms with van der Waals surface area (Å²) in [7, 11) is 0. The first-order valence-electron chi connectivity index (χ1n) is 10.3. The maximum absolute atomic E-state index is 11.7. The van der Waals surface area contributed by atoms with E-state index in [-0.39, 0.29) is 11.7 Å². The van der Waals surface area contributed by atoms with Gasteiger partial charge in [-0.3, -0.25) is 9.20 Å². The number of hydrogen-bond acceptors (Lipinski definition) is 8. The maximum atomic E-state index is 11.7. The lowest BCUT2D eigenvalue weighted by atomic mass is 9.86. The van der Waals surface area contributed by atoms with Crippen LogP contribution in [0.25, 0.3) is 26.1 Å². The highest BCUT2D eigenvalue weighted by molar-refractivity contribution is 7.99. The molecule has 0 radical (unpaired) electrons. The van der Waals surface area contributed by atoms with E-state index in [0.29, 0.717) is 17.7 Å². The van der Waals surface area contributed by atoms with E-state index in [9.17, 15) is 4.79 Å². The molecule has 7 nitrogen and oxygen atoms in total. The van der Waals surface area contributed by atoms with Gasteiger partial charge in [0.25, 0.3) is 0 Å². The molecule has 4 aromatic heterocycles. The highest BCUT2D eigenvalue weighted by Crippen LogP contribution is 2.41. The predicted octanol–water partition coefficient (Wildman–Crippen LogP) is 4.54. The smallest absolute Gasteiger partial charge is 0.316 e. The Balaban J connectivity index is 1.66. The standard InChI is InChI=1S/C21H23N5O2S2/c1-4-28-14(27)9-29-21-25-24-19-18-17(22-10-26(19)21)15-12-7-5-6-8-13(12)16(11(2)3)23-20(15)30-18/h10-11H,4-9H2,1-3H3. The molecule has 0 aromatic carbocycles. The maximum Gasteiger partial charge on any atom is 0.316 e. The Labute approximate surface area is 182 Å². The second-order valence-electron chi connectivity index (χ2n) is 7.79. The first kappa shape index (κ1) is 19.7. The third-order valence-electron chi connectivity index (χ3n) is 5.51. The van der Waals surface area contributed by atoms with Gasteiger partial charge in [0.05, 0.1) is 17.9 Å². The molecule has 5 rings (SSSR count). The van der Waals surface area contributed by atoms with Crippen molar-refractivity contribution in [1.82, 2.24) is 24.6 Å². The van der Waals surface area contributed by atoms with Crippen molar-refractivity contribution < 1.29 is 9.53 Å². The second kappa shape index (κ2) is 7.77. The molecule has 0 bridgehead atoms. The Kier molecular flexibility index (Phi) is 5.10.